The molecule has 1 saturated heterocycles. The fourth-order valence-corrected chi connectivity index (χ4v) is 6.08. The molecule has 1 fully saturated rings. The van der Waals surface area contributed by atoms with E-state index in [1.54, 1.807) is 28.9 Å². The zero-order chi connectivity index (χ0) is 28.3. The largest absolute Gasteiger partial charge is 0.379 e. The summed E-state index contributed by atoms with van der Waals surface area (Å²) in [7, 11) is -3.59. The second kappa shape index (κ2) is 11.6. The first-order chi connectivity index (χ1) is 19.3. The summed E-state index contributed by atoms with van der Waals surface area (Å²) >= 11 is 5.34. The number of carbonyl (C=O) groups is 1. The number of rotatable bonds is 7. The second-order valence-electron chi connectivity index (χ2n) is 9.04. The smallest absolute Gasteiger partial charge is 0.243 e. The van der Waals surface area contributed by atoms with E-state index in [4.69, 9.17) is 17.0 Å². The lowest BCUT2D eigenvalue weighted by Crippen LogP contribution is -2.40. The number of aromatic nitrogens is 1. The summed E-state index contributed by atoms with van der Waals surface area (Å²) < 4.78 is 47.4. The molecule has 0 saturated carbocycles. The van der Waals surface area contributed by atoms with E-state index in [9.17, 15) is 17.6 Å². The first kappa shape index (κ1) is 27.6. The minimum Gasteiger partial charge on any atom is -0.379 e. The summed E-state index contributed by atoms with van der Waals surface area (Å²) in [6.45, 7) is 3.24. The molecule has 40 heavy (non-hydrogen) atoms. The molecule has 2 N–H and O–H groups in total. The van der Waals surface area contributed by atoms with Gasteiger partial charge in [0.1, 0.15) is 5.82 Å². The predicted molar refractivity (Wildman–Crippen MR) is 155 cm³/mol. The third kappa shape index (κ3) is 5.65. The minimum atomic E-state index is -3.59. The second-order valence-corrected chi connectivity index (χ2v) is 11.4. The van der Waals surface area contributed by atoms with Crippen LogP contribution in [0.15, 0.2) is 82.9 Å². The topological polar surface area (TPSA) is 105 Å². The van der Waals surface area contributed by atoms with Crippen LogP contribution in [0.2, 0.25) is 0 Å². The summed E-state index contributed by atoms with van der Waals surface area (Å²) in [5, 5.41) is 7.43. The zero-order valence-corrected chi connectivity index (χ0v) is 23.1. The van der Waals surface area contributed by atoms with Gasteiger partial charge in [0.25, 0.3) is 0 Å². The molecule has 5 rings (SSSR count). The Kier molecular flexibility index (Phi) is 8.03. The van der Waals surface area contributed by atoms with Crippen molar-refractivity contribution < 1.29 is 22.3 Å². The number of ketones is 1. The zero-order valence-electron chi connectivity index (χ0n) is 21.5. The van der Waals surface area contributed by atoms with Gasteiger partial charge in [0.05, 0.1) is 35.5 Å². The number of hydrogen-bond acceptors (Lipinski definition) is 6. The molecule has 0 atom stereocenters. The van der Waals surface area contributed by atoms with Crippen LogP contribution in [0.4, 0.5) is 10.1 Å². The summed E-state index contributed by atoms with van der Waals surface area (Å²) in [5.41, 5.74) is 6.38. The normalized spacial score (nSPS) is 14.4. The number of nitrogens with one attached hydrogen (secondary N) is 2. The highest BCUT2D eigenvalue weighted by atomic mass is 32.2. The molecule has 3 heterocycles. The number of fused-ring (bicyclic) bond motifs is 1. The number of hydrazone groups is 1. The van der Waals surface area contributed by atoms with E-state index in [0.29, 0.717) is 48.8 Å². The van der Waals surface area contributed by atoms with Crippen molar-refractivity contribution >= 4 is 50.6 Å². The fraction of sp³-hybridized carbons (Fsp3) is 0.179. The molecule has 0 aliphatic carbocycles. The Bertz CT molecular complexity index is 1700. The van der Waals surface area contributed by atoms with Gasteiger partial charge in [-0.05, 0) is 85.4 Å². The van der Waals surface area contributed by atoms with Crippen LogP contribution in [-0.2, 0) is 14.8 Å². The van der Waals surface area contributed by atoms with Crippen molar-refractivity contribution in [2.45, 2.75) is 11.8 Å². The minimum absolute atomic E-state index is 0.193. The van der Waals surface area contributed by atoms with Crippen LogP contribution in [0.1, 0.15) is 27.2 Å². The molecule has 4 aromatic rings. The average molecular weight is 580 g/mol. The van der Waals surface area contributed by atoms with Crippen molar-refractivity contribution in [3.63, 3.8) is 0 Å². The first-order valence-electron chi connectivity index (χ1n) is 12.4. The van der Waals surface area contributed by atoms with Gasteiger partial charge in [0.2, 0.25) is 15.8 Å². The molecule has 1 aliphatic rings. The van der Waals surface area contributed by atoms with E-state index in [0.717, 1.165) is 11.1 Å². The molecule has 2 aromatic heterocycles. The molecular formula is C28H26FN5O4S2. The van der Waals surface area contributed by atoms with Gasteiger partial charge in [0, 0.05) is 36.1 Å². The maximum Gasteiger partial charge on any atom is 0.243 e. The number of benzene rings is 2. The van der Waals surface area contributed by atoms with Crippen LogP contribution in [-0.4, -0.2) is 60.5 Å². The van der Waals surface area contributed by atoms with E-state index in [2.05, 4.69) is 15.8 Å². The number of sulfonamides is 1. The number of morpholine rings is 1. The van der Waals surface area contributed by atoms with Crippen molar-refractivity contribution in [3.8, 4) is 0 Å². The summed E-state index contributed by atoms with van der Waals surface area (Å²) in [6.07, 6.45) is 3.37. The highest BCUT2D eigenvalue weighted by Gasteiger charge is 2.26. The molecule has 9 nitrogen and oxygen atoms in total. The van der Waals surface area contributed by atoms with E-state index in [1.807, 2.05) is 25.1 Å². The summed E-state index contributed by atoms with van der Waals surface area (Å²) in [5.74, 6) is -0.645. The van der Waals surface area contributed by atoms with Gasteiger partial charge < -0.3 is 14.5 Å². The van der Waals surface area contributed by atoms with E-state index in [-0.39, 0.29) is 15.8 Å². The van der Waals surface area contributed by atoms with Gasteiger partial charge in [-0.3, -0.25) is 10.2 Å². The average Bonchev–Trinajstić information content (AvgIpc) is 3.24. The number of nitrogens with zero attached hydrogens (tertiary/aromatic N) is 3. The predicted octanol–water partition coefficient (Wildman–Crippen LogP) is 3.96. The van der Waals surface area contributed by atoms with Crippen molar-refractivity contribution in [3.05, 3.63) is 101 Å². The van der Waals surface area contributed by atoms with E-state index >= 15 is 0 Å². The van der Waals surface area contributed by atoms with Crippen molar-refractivity contribution in [2.75, 3.05) is 31.6 Å². The van der Waals surface area contributed by atoms with Crippen LogP contribution in [0.5, 0.6) is 0 Å². The van der Waals surface area contributed by atoms with Crippen molar-refractivity contribution in [1.29, 1.82) is 0 Å². The number of ether oxygens (including phenoxy) is 1. The van der Waals surface area contributed by atoms with Crippen LogP contribution in [0.3, 0.4) is 0 Å². The number of pyridine rings is 1. The van der Waals surface area contributed by atoms with Crippen LogP contribution in [0, 0.1) is 12.7 Å². The maximum absolute atomic E-state index is 13.4. The lowest BCUT2D eigenvalue weighted by Gasteiger charge is -2.26. The quantitative estimate of drug-likeness (QED) is 0.148. The molecule has 0 unspecified atom stereocenters. The van der Waals surface area contributed by atoms with Gasteiger partial charge in [-0.15, -0.1) is 0 Å². The van der Waals surface area contributed by atoms with Gasteiger partial charge in [0.15, 0.2) is 5.11 Å². The standard InChI is InChI=1S/C28H26FN5O4S2/c1-19-24(25-4-2-3-13-34(25)26(19)27(35)20-5-7-21(29)8-6-20)18-30-32-28(39)31-22-9-11-23(12-10-22)40(36,37)33-14-16-38-17-15-33/h2-13,18H,14-17H2,1H3,(H2,31,32,39)/b30-18+. The maximum atomic E-state index is 13.4. The van der Waals surface area contributed by atoms with Gasteiger partial charge in [-0.2, -0.15) is 9.41 Å². The monoisotopic (exact) mass is 579 g/mol. The molecule has 0 spiro atoms. The lowest BCUT2D eigenvalue weighted by atomic mass is 10.0. The number of carbonyl (C=O) groups excluding carboxylic acids is 1. The van der Waals surface area contributed by atoms with Crippen molar-refractivity contribution in [1.82, 2.24) is 14.1 Å². The van der Waals surface area contributed by atoms with Gasteiger partial charge in [-0.1, -0.05) is 6.07 Å². The molecule has 206 valence electrons. The van der Waals surface area contributed by atoms with Gasteiger partial charge >= 0.3 is 0 Å². The Labute approximate surface area is 236 Å². The number of thiocarbonyl (C=S) groups is 1. The summed E-state index contributed by atoms with van der Waals surface area (Å²) in [4.78, 5) is 13.5. The Morgan fingerprint density at radius 3 is 2.45 bits per heavy atom. The Hall–Kier alpha value is -3.97. The molecule has 0 radical (unpaired) electrons. The Morgan fingerprint density at radius 2 is 1.75 bits per heavy atom. The van der Waals surface area contributed by atoms with Crippen molar-refractivity contribution in [2.24, 2.45) is 5.10 Å². The fourth-order valence-electron chi connectivity index (χ4n) is 4.50. The lowest BCUT2D eigenvalue weighted by molar-refractivity contribution is 0.0730. The molecule has 2 aromatic carbocycles. The summed E-state index contributed by atoms with van der Waals surface area (Å²) in [6, 6.07) is 17.3. The number of anilines is 1. The highest BCUT2D eigenvalue weighted by molar-refractivity contribution is 7.89. The van der Waals surface area contributed by atoms with Crippen LogP contribution < -0.4 is 10.7 Å². The third-order valence-electron chi connectivity index (χ3n) is 6.54. The highest BCUT2D eigenvalue weighted by Crippen LogP contribution is 2.24. The molecule has 1 aliphatic heterocycles. The molecule has 12 heteroatoms. The van der Waals surface area contributed by atoms with Crippen LogP contribution in [0.25, 0.3) is 5.52 Å². The van der Waals surface area contributed by atoms with E-state index < -0.39 is 15.8 Å². The van der Waals surface area contributed by atoms with E-state index in [1.165, 1.54) is 40.7 Å². The molecular weight excluding hydrogens is 553 g/mol. The number of halogens is 1. The third-order valence-corrected chi connectivity index (χ3v) is 8.64. The molecule has 0 amide bonds. The Balaban J connectivity index is 1.29. The number of hydrogen-bond donors (Lipinski definition) is 2. The van der Waals surface area contributed by atoms with Gasteiger partial charge in [-0.25, -0.2) is 12.8 Å². The first-order valence-corrected chi connectivity index (χ1v) is 14.3. The Morgan fingerprint density at radius 1 is 1.05 bits per heavy atom. The molecule has 0 bridgehead atoms. The SMILES string of the molecule is Cc1c(/C=N/NC(=S)Nc2ccc(S(=O)(=O)N3CCOCC3)cc2)c2ccccn2c1C(=O)c1ccc(F)cc1. The van der Waals surface area contributed by atoms with Crippen LogP contribution >= 0.6 is 12.2 Å².